The number of hydrogen-bond acceptors (Lipinski definition) is 3. The van der Waals surface area contributed by atoms with Gasteiger partial charge in [-0.05, 0) is 22.9 Å². The lowest BCUT2D eigenvalue weighted by molar-refractivity contribution is 0.476. The molecule has 0 amide bonds. The average molecular weight is 211 g/mol. The Labute approximate surface area is 91.5 Å². The molecule has 16 heavy (non-hydrogen) atoms. The molecule has 0 saturated heterocycles. The zero-order valence-electron chi connectivity index (χ0n) is 8.38. The molecule has 2 N–H and O–H groups in total. The van der Waals surface area contributed by atoms with Gasteiger partial charge in [0.2, 0.25) is 0 Å². The van der Waals surface area contributed by atoms with Crippen molar-refractivity contribution in [1.82, 2.24) is 15.4 Å². The molecular weight excluding hydrogens is 202 g/mol. The van der Waals surface area contributed by atoms with Crippen LogP contribution in [0.1, 0.15) is 0 Å². The number of benzene rings is 2. The lowest BCUT2D eigenvalue weighted by Crippen LogP contribution is -1.82. The highest BCUT2D eigenvalue weighted by molar-refractivity contribution is 5.96. The molecule has 0 fully saturated rings. The molecule has 78 valence electrons. The lowest BCUT2D eigenvalue weighted by atomic mass is 10.0. The highest BCUT2D eigenvalue weighted by Gasteiger charge is 2.07. The van der Waals surface area contributed by atoms with Crippen molar-refractivity contribution in [3.8, 4) is 17.0 Å². The third-order valence-electron chi connectivity index (χ3n) is 2.54. The average Bonchev–Trinajstić information content (AvgIpc) is 2.81. The van der Waals surface area contributed by atoms with E-state index in [0.717, 1.165) is 22.0 Å². The third kappa shape index (κ3) is 1.32. The zero-order chi connectivity index (χ0) is 11.0. The van der Waals surface area contributed by atoms with Crippen LogP contribution in [-0.2, 0) is 0 Å². The topological polar surface area (TPSA) is 61.8 Å². The van der Waals surface area contributed by atoms with E-state index >= 15 is 0 Å². The lowest BCUT2D eigenvalue weighted by Gasteiger charge is -2.04. The number of rotatable bonds is 1. The maximum Gasteiger partial charge on any atom is 0.116 e. The van der Waals surface area contributed by atoms with Crippen molar-refractivity contribution in [1.29, 1.82) is 0 Å². The molecule has 0 aliphatic carbocycles. The van der Waals surface area contributed by atoms with Gasteiger partial charge in [-0.2, -0.15) is 15.4 Å². The van der Waals surface area contributed by atoms with Crippen LogP contribution in [0.3, 0.4) is 0 Å². The molecular formula is C12H9N3O. The molecule has 0 saturated carbocycles. The van der Waals surface area contributed by atoms with E-state index in [1.165, 1.54) is 0 Å². The number of aromatic amines is 1. The molecule has 4 nitrogen and oxygen atoms in total. The SMILES string of the molecule is Oc1cc(-c2cn[nH]n2)c2ccccc2c1. The quantitative estimate of drug-likeness (QED) is 0.649. The molecule has 0 spiro atoms. The number of aromatic hydroxyl groups is 1. The van der Waals surface area contributed by atoms with Crippen LogP contribution in [0.4, 0.5) is 0 Å². The number of fused-ring (bicyclic) bond motifs is 1. The van der Waals surface area contributed by atoms with Crippen molar-refractivity contribution >= 4 is 10.8 Å². The molecule has 1 heterocycles. The number of aromatic nitrogens is 3. The predicted molar refractivity (Wildman–Crippen MR) is 61.0 cm³/mol. The number of hydrogen-bond donors (Lipinski definition) is 2. The van der Waals surface area contributed by atoms with E-state index in [1.54, 1.807) is 18.3 Å². The molecule has 3 aromatic rings. The van der Waals surface area contributed by atoms with Gasteiger partial charge in [0.1, 0.15) is 11.4 Å². The Balaban J connectivity index is 2.39. The highest BCUT2D eigenvalue weighted by atomic mass is 16.3. The first kappa shape index (κ1) is 8.91. The molecule has 1 aromatic heterocycles. The van der Waals surface area contributed by atoms with Crippen molar-refractivity contribution in [2.24, 2.45) is 0 Å². The van der Waals surface area contributed by atoms with Gasteiger partial charge in [0, 0.05) is 5.56 Å². The minimum Gasteiger partial charge on any atom is -0.508 e. The van der Waals surface area contributed by atoms with Crippen LogP contribution < -0.4 is 0 Å². The van der Waals surface area contributed by atoms with E-state index in [4.69, 9.17) is 0 Å². The van der Waals surface area contributed by atoms with Crippen LogP contribution in [0, 0.1) is 0 Å². The first-order valence-electron chi connectivity index (χ1n) is 4.92. The molecule has 2 aromatic carbocycles. The van der Waals surface area contributed by atoms with Crippen LogP contribution in [0.2, 0.25) is 0 Å². The van der Waals surface area contributed by atoms with Gasteiger partial charge in [0.25, 0.3) is 0 Å². The van der Waals surface area contributed by atoms with Crippen molar-refractivity contribution in [3.05, 3.63) is 42.6 Å². The van der Waals surface area contributed by atoms with Gasteiger partial charge in [-0.3, -0.25) is 0 Å². The minimum absolute atomic E-state index is 0.233. The summed E-state index contributed by atoms with van der Waals surface area (Å²) < 4.78 is 0. The third-order valence-corrected chi connectivity index (χ3v) is 2.54. The fourth-order valence-electron chi connectivity index (χ4n) is 1.84. The Morgan fingerprint density at radius 1 is 1.12 bits per heavy atom. The molecule has 0 unspecified atom stereocenters. The first-order valence-corrected chi connectivity index (χ1v) is 4.92. The highest BCUT2D eigenvalue weighted by Crippen LogP contribution is 2.30. The van der Waals surface area contributed by atoms with Gasteiger partial charge in [0.15, 0.2) is 0 Å². The summed E-state index contributed by atoms with van der Waals surface area (Å²) in [4.78, 5) is 0. The van der Waals surface area contributed by atoms with E-state index in [9.17, 15) is 5.11 Å². The maximum atomic E-state index is 9.65. The fourth-order valence-corrected chi connectivity index (χ4v) is 1.84. The van der Waals surface area contributed by atoms with Crippen molar-refractivity contribution < 1.29 is 5.11 Å². The number of nitrogens with zero attached hydrogens (tertiary/aromatic N) is 2. The standard InChI is InChI=1S/C12H9N3O/c16-9-5-8-3-1-2-4-10(8)11(6-9)12-7-13-15-14-12/h1-7,16H,(H,13,14,15). The Morgan fingerprint density at radius 3 is 2.81 bits per heavy atom. The van der Waals surface area contributed by atoms with Gasteiger partial charge < -0.3 is 5.11 Å². The Bertz CT molecular complexity index is 632. The summed E-state index contributed by atoms with van der Waals surface area (Å²) in [5, 5.41) is 22.1. The van der Waals surface area contributed by atoms with Gasteiger partial charge in [-0.1, -0.05) is 24.3 Å². The summed E-state index contributed by atoms with van der Waals surface area (Å²) in [6.45, 7) is 0. The second kappa shape index (κ2) is 3.34. The van der Waals surface area contributed by atoms with E-state index in [0.29, 0.717) is 0 Å². The summed E-state index contributed by atoms with van der Waals surface area (Å²) >= 11 is 0. The van der Waals surface area contributed by atoms with Gasteiger partial charge in [0.05, 0.1) is 6.20 Å². The van der Waals surface area contributed by atoms with Crippen LogP contribution in [0.25, 0.3) is 22.0 Å². The molecule has 0 aliphatic rings. The maximum absolute atomic E-state index is 9.65. The monoisotopic (exact) mass is 211 g/mol. The smallest absolute Gasteiger partial charge is 0.116 e. The van der Waals surface area contributed by atoms with Crippen LogP contribution in [0.5, 0.6) is 5.75 Å². The second-order valence-corrected chi connectivity index (χ2v) is 3.57. The van der Waals surface area contributed by atoms with Crippen LogP contribution in [-0.4, -0.2) is 20.5 Å². The summed E-state index contributed by atoms with van der Waals surface area (Å²) in [6, 6.07) is 11.3. The molecule has 0 bridgehead atoms. The largest absolute Gasteiger partial charge is 0.508 e. The molecule has 0 atom stereocenters. The van der Waals surface area contributed by atoms with Crippen LogP contribution in [0.15, 0.2) is 42.6 Å². The van der Waals surface area contributed by atoms with E-state index in [1.807, 2.05) is 24.3 Å². The van der Waals surface area contributed by atoms with E-state index < -0.39 is 0 Å². The predicted octanol–water partition coefficient (Wildman–Crippen LogP) is 2.33. The van der Waals surface area contributed by atoms with Crippen LogP contribution >= 0.6 is 0 Å². The summed E-state index contributed by atoms with van der Waals surface area (Å²) in [7, 11) is 0. The molecule has 4 heteroatoms. The summed E-state index contributed by atoms with van der Waals surface area (Å²) in [5.41, 5.74) is 1.61. The Kier molecular flexibility index (Phi) is 1.86. The Hall–Kier alpha value is -2.36. The normalized spacial score (nSPS) is 10.8. The summed E-state index contributed by atoms with van der Waals surface area (Å²) in [5.74, 6) is 0.233. The molecule has 0 aliphatic heterocycles. The minimum atomic E-state index is 0.233. The van der Waals surface area contributed by atoms with Crippen molar-refractivity contribution in [3.63, 3.8) is 0 Å². The molecule has 0 radical (unpaired) electrons. The summed E-state index contributed by atoms with van der Waals surface area (Å²) in [6.07, 6.45) is 1.64. The second-order valence-electron chi connectivity index (χ2n) is 3.57. The fraction of sp³-hybridized carbons (Fsp3) is 0. The van der Waals surface area contributed by atoms with Gasteiger partial charge >= 0.3 is 0 Å². The van der Waals surface area contributed by atoms with E-state index in [2.05, 4.69) is 15.4 Å². The van der Waals surface area contributed by atoms with Crippen molar-refractivity contribution in [2.75, 3.05) is 0 Å². The van der Waals surface area contributed by atoms with Crippen molar-refractivity contribution in [2.45, 2.75) is 0 Å². The number of phenols is 1. The molecule has 3 rings (SSSR count). The number of phenolic OH excluding ortho intramolecular Hbond substituents is 1. The van der Waals surface area contributed by atoms with Gasteiger partial charge in [-0.15, -0.1) is 0 Å². The number of H-pyrrole nitrogens is 1. The zero-order valence-corrected chi connectivity index (χ0v) is 8.38. The first-order chi connectivity index (χ1) is 7.84. The number of nitrogens with one attached hydrogen (secondary N) is 1. The Morgan fingerprint density at radius 2 is 2.00 bits per heavy atom. The van der Waals surface area contributed by atoms with E-state index in [-0.39, 0.29) is 5.75 Å². The van der Waals surface area contributed by atoms with Gasteiger partial charge in [-0.25, -0.2) is 0 Å².